The predicted molar refractivity (Wildman–Crippen MR) is 61.8 cm³/mol. The van der Waals surface area contributed by atoms with Gasteiger partial charge in [0.2, 0.25) is 0 Å². The molecule has 2 rings (SSSR count). The molecule has 0 aliphatic carbocycles. The fourth-order valence-corrected chi connectivity index (χ4v) is 2.10. The molecule has 1 aliphatic heterocycles. The number of rotatable bonds is 3. The summed E-state index contributed by atoms with van der Waals surface area (Å²) in [5.41, 5.74) is 0.277. The third-order valence-corrected chi connectivity index (χ3v) is 2.99. The molecule has 1 aromatic heterocycles. The van der Waals surface area contributed by atoms with E-state index in [-0.39, 0.29) is 23.5 Å². The normalized spacial score (nSPS) is 19.6. The minimum absolute atomic E-state index is 0.197. The number of amides is 1. The number of likely N-dealkylation sites (tertiary alicyclic amines) is 1. The molecular formula is C12H16N2O4. The Balaban J connectivity index is 1.98. The van der Waals surface area contributed by atoms with E-state index in [1.165, 1.54) is 12.3 Å². The molecule has 1 aromatic rings. The first-order valence-electron chi connectivity index (χ1n) is 6.08. The fraction of sp³-hybridized carbons (Fsp3) is 0.583. The number of hydrogen-bond acceptors (Lipinski definition) is 5. The molecule has 98 valence electrons. The quantitative estimate of drug-likeness (QED) is 0.753. The Morgan fingerprint density at radius 3 is 3.11 bits per heavy atom. The molecule has 1 fully saturated rings. The van der Waals surface area contributed by atoms with Gasteiger partial charge in [0.05, 0.1) is 12.5 Å². The van der Waals surface area contributed by atoms with Crippen molar-refractivity contribution < 1.29 is 18.8 Å². The largest absolute Gasteiger partial charge is 0.466 e. The van der Waals surface area contributed by atoms with Crippen LogP contribution in [0.1, 0.15) is 30.3 Å². The number of esters is 1. The van der Waals surface area contributed by atoms with Gasteiger partial charge in [0.15, 0.2) is 5.69 Å². The zero-order valence-electron chi connectivity index (χ0n) is 10.3. The smallest absolute Gasteiger partial charge is 0.310 e. The van der Waals surface area contributed by atoms with Crippen molar-refractivity contribution in [1.82, 2.24) is 10.1 Å². The van der Waals surface area contributed by atoms with Crippen LogP contribution in [0.25, 0.3) is 0 Å². The van der Waals surface area contributed by atoms with Crippen molar-refractivity contribution in [3.8, 4) is 0 Å². The Kier molecular flexibility index (Phi) is 3.96. The van der Waals surface area contributed by atoms with Crippen LogP contribution in [-0.2, 0) is 9.53 Å². The molecule has 2 heterocycles. The number of carbonyl (C=O) groups is 2. The third-order valence-electron chi connectivity index (χ3n) is 2.99. The van der Waals surface area contributed by atoms with Crippen LogP contribution in [0.3, 0.4) is 0 Å². The van der Waals surface area contributed by atoms with E-state index in [9.17, 15) is 9.59 Å². The summed E-state index contributed by atoms with van der Waals surface area (Å²) < 4.78 is 9.64. The summed E-state index contributed by atoms with van der Waals surface area (Å²) in [5, 5.41) is 3.62. The second-order valence-corrected chi connectivity index (χ2v) is 4.23. The van der Waals surface area contributed by atoms with Gasteiger partial charge in [-0.1, -0.05) is 5.16 Å². The number of ether oxygens (including phenoxy) is 1. The first-order valence-corrected chi connectivity index (χ1v) is 6.08. The van der Waals surface area contributed by atoms with Gasteiger partial charge in [0.25, 0.3) is 5.91 Å². The summed E-state index contributed by atoms with van der Waals surface area (Å²) in [6, 6.07) is 1.52. The lowest BCUT2D eigenvalue weighted by Gasteiger charge is -2.30. The summed E-state index contributed by atoms with van der Waals surface area (Å²) in [6.07, 6.45) is 2.93. The van der Waals surface area contributed by atoms with Crippen LogP contribution in [0.2, 0.25) is 0 Å². The molecule has 0 unspecified atom stereocenters. The maximum Gasteiger partial charge on any atom is 0.310 e. The van der Waals surface area contributed by atoms with Crippen molar-refractivity contribution in [3.05, 3.63) is 18.0 Å². The Morgan fingerprint density at radius 1 is 1.61 bits per heavy atom. The first-order chi connectivity index (χ1) is 8.72. The van der Waals surface area contributed by atoms with Crippen LogP contribution in [0.15, 0.2) is 16.9 Å². The van der Waals surface area contributed by atoms with E-state index in [0.29, 0.717) is 19.7 Å². The predicted octanol–water partition coefficient (Wildman–Crippen LogP) is 1.09. The van der Waals surface area contributed by atoms with Gasteiger partial charge in [-0.2, -0.15) is 0 Å². The van der Waals surface area contributed by atoms with Gasteiger partial charge in [-0.15, -0.1) is 0 Å². The van der Waals surface area contributed by atoms with Crippen molar-refractivity contribution in [2.24, 2.45) is 5.92 Å². The van der Waals surface area contributed by atoms with E-state index < -0.39 is 0 Å². The van der Waals surface area contributed by atoms with E-state index in [1.54, 1.807) is 11.8 Å². The third kappa shape index (κ3) is 2.69. The second kappa shape index (κ2) is 5.66. The number of carbonyl (C=O) groups excluding carboxylic acids is 2. The van der Waals surface area contributed by atoms with Gasteiger partial charge in [-0.3, -0.25) is 9.59 Å². The molecule has 0 saturated carbocycles. The summed E-state index contributed by atoms with van der Waals surface area (Å²) in [5.74, 6) is -0.651. The molecular weight excluding hydrogens is 236 g/mol. The highest BCUT2D eigenvalue weighted by Crippen LogP contribution is 2.19. The van der Waals surface area contributed by atoms with Crippen LogP contribution < -0.4 is 0 Å². The van der Waals surface area contributed by atoms with Gasteiger partial charge in [-0.05, 0) is 19.8 Å². The Labute approximate surface area is 105 Å². The molecule has 1 amide bonds. The second-order valence-electron chi connectivity index (χ2n) is 4.23. The van der Waals surface area contributed by atoms with Gasteiger partial charge < -0.3 is 14.2 Å². The molecule has 0 bridgehead atoms. The van der Waals surface area contributed by atoms with Crippen LogP contribution in [0.4, 0.5) is 0 Å². The zero-order chi connectivity index (χ0) is 13.0. The number of piperidine rings is 1. The summed E-state index contributed by atoms with van der Waals surface area (Å²) >= 11 is 0. The molecule has 1 saturated heterocycles. The fourth-order valence-electron chi connectivity index (χ4n) is 2.10. The molecule has 6 nitrogen and oxygen atoms in total. The SMILES string of the molecule is CCOC(=O)[C@@H]1CCCN(C(=O)c2ccon2)C1. The lowest BCUT2D eigenvalue weighted by molar-refractivity contribution is -0.149. The maximum atomic E-state index is 12.0. The molecule has 1 aliphatic rings. The molecule has 0 radical (unpaired) electrons. The summed E-state index contributed by atoms with van der Waals surface area (Å²) in [7, 11) is 0. The Hall–Kier alpha value is -1.85. The monoisotopic (exact) mass is 252 g/mol. The summed E-state index contributed by atoms with van der Waals surface area (Å²) in [6.45, 7) is 3.18. The van der Waals surface area contributed by atoms with Crippen molar-refractivity contribution >= 4 is 11.9 Å². The average molecular weight is 252 g/mol. The minimum Gasteiger partial charge on any atom is -0.466 e. The highest BCUT2D eigenvalue weighted by molar-refractivity contribution is 5.92. The van der Waals surface area contributed by atoms with E-state index in [1.807, 2.05) is 0 Å². The molecule has 0 aromatic carbocycles. The van der Waals surface area contributed by atoms with Crippen LogP contribution in [-0.4, -0.2) is 41.6 Å². The van der Waals surface area contributed by atoms with Gasteiger partial charge in [0.1, 0.15) is 6.26 Å². The highest BCUT2D eigenvalue weighted by atomic mass is 16.5. The highest BCUT2D eigenvalue weighted by Gasteiger charge is 2.30. The molecule has 1 atom stereocenters. The van der Waals surface area contributed by atoms with Crippen LogP contribution >= 0.6 is 0 Å². The topological polar surface area (TPSA) is 72.6 Å². The van der Waals surface area contributed by atoms with Gasteiger partial charge in [-0.25, -0.2) is 0 Å². The van der Waals surface area contributed by atoms with Gasteiger partial charge in [0, 0.05) is 19.2 Å². The standard InChI is InChI=1S/C12H16N2O4/c1-2-17-12(16)9-4-3-6-14(8-9)11(15)10-5-7-18-13-10/h5,7,9H,2-4,6,8H2,1H3/t9-/m1/s1. The molecule has 18 heavy (non-hydrogen) atoms. The van der Waals surface area contributed by atoms with Crippen molar-refractivity contribution in [1.29, 1.82) is 0 Å². The lowest BCUT2D eigenvalue weighted by Crippen LogP contribution is -2.42. The maximum absolute atomic E-state index is 12.0. The summed E-state index contributed by atoms with van der Waals surface area (Å²) in [4.78, 5) is 25.3. The van der Waals surface area contributed by atoms with E-state index in [2.05, 4.69) is 9.68 Å². The molecule has 0 spiro atoms. The number of hydrogen-bond donors (Lipinski definition) is 0. The van der Waals surface area contributed by atoms with Crippen LogP contribution in [0.5, 0.6) is 0 Å². The zero-order valence-corrected chi connectivity index (χ0v) is 10.3. The molecule has 0 N–H and O–H groups in total. The lowest BCUT2D eigenvalue weighted by atomic mass is 9.98. The Morgan fingerprint density at radius 2 is 2.44 bits per heavy atom. The Bertz CT molecular complexity index is 416. The average Bonchev–Trinajstić information content (AvgIpc) is 2.92. The van der Waals surface area contributed by atoms with Gasteiger partial charge >= 0.3 is 5.97 Å². The van der Waals surface area contributed by atoms with E-state index in [0.717, 1.165) is 12.8 Å². The van der Waals surface area contributed by atoms with Crippen molar-refractivity contribution in [2.75, 3.05) is 19.7 Å². The van der Waals surface area contributed by atoms with E-state index in [4.69, 9.17) is 4.74 Å². The van der Waals surface area contributed by atoms with Crippen LogP contribution in [0, 0.1) is 5.92 Å². The molecule has 6 heteroatoms. The van der Waals surface area contributed by atoms with E-state index >= 15 is 0 Å². The number of nitrogens with zero attached hydrogens (tertiary/aromatic N) is 2. The van der Waals surface area contributed by atoms with Crippen molar-refractivity contribution in [3.63, 3.8) is 0 Å². The van der Waals surface area contributed by atoms with Crippen molar-refractivity contribution in [2.45, 2.75) is 19.8 Å². The number of aromatic nitrogens is 1. The minimum atomic E-state index is -0.227. The first kappa shape index (κ1) is 12.6.